The first-order valence-corrected chi connectivity index (χ1v) is 8.28. The second kappa shape index (κ2) is 7.43. The van der Waals surface area contributed by atoms with Crippen molar-refractivity contribution >= 4 is 11.6 Å². The van der Waals surface area contributed by atoms with Crippen molar-refractivity contribution in [3.63, 3.8) is 0 Å². The molecule has 0 aromatic carbocycles. The van der Waals surface area contributed by atoms with Crippen LogP contribution in [-0.4, -0.2) is 29.5 Å². The fourth-order valence-corrected chi connectivity index (χ4v) is 2.53. The van der Waals surface area contributed by atoms with Gasteiger partial charge in [0.15, 0.2) is 11.4 Å². The molecule has 0 aliphatic heterocycles. The van der Waals surface area contributed by atoms with Crippen molar-refractivity contribution in [2.75, 3.05) is 5.32 Å². The normalized spacial score (nSPS) is 11.0. The van der Waals surface area contributed by atoms with E-state index in [1.165, 1.54) is 0 Å². The summed E-state index contributed by atoms with van der Waals surface area (Å²) in [6.07, 6.45) is 5.90. The van der Waals surface area contributed by atoms with Crippen molar-refractivity contribution in [2.45, 2.75) is 6.55 Å². The summed E-state index contributed by atoms with van der Waals surface area (Å²) in [5, 5.41) is 11.1. The van der Waals surface area contributed by atoms with Crippen LogP contribution in [0.3, 0.4) is 0 Å². The molecular formula is C18H15F2N7O. The maximum atomic E-state index is 13.1. The number of hydrogen-bond acceptors (Lipinski definition) is 6. The quantitative estimate of drug-likeness (QED) is 0.542. The van der Waals surface area contributed by atoms with E-state index in [9.17, 15) is 8.78 Å². The minimum Gasteiger partial charge on any atom is -0.453 e. The highest BCUT2D eigenvalue weighted by atomic mass is 19.3. The first-order chi connectivity index (χ1) is 13.6. The number of aromatic nitrogens is 6. The van der Waals surface area contributed by atoms with Crippen LogP contribution in [0, 0.1) is 0 Å². The fourth-order valence-electron chi connectivity index (χ4n) is 2.53. The molecule has 4 aromatic heterocycles. The summed E-state index contributed by atoms with van der Waals surface area (Å²) in [6.45, 7) is -2.79. The predicted molar refractivity (Wildman–Crippen MR) is 97.5 cm³/mol. The topological polar surface area (TPSA) is 82.7 Å². The Morgan fingerprint density at radius 2 is 1.96 bits per heavy atom. The van der Waals surface area contributed by atoms with Crippen molar-refractivity contribution in [1.29, 1.82) is 0 Å². The lowest BCUT2D eigenvalue weighted by atomic mass is 10.2. The van der Waals surface area contributed by atoms with Gasteiger partial charge in [0.1, 0.15) is 17.4 Å². The van der Waals surface area contributed by atoms with Crippen LogP contribution in [0.4, 0.5) is 20.4 Å². The molecule has 1 N–H and O–H groups in total. The molecule has 0 saturated heterocycles. The Kier molecular flexibility index (Phi) is 4.67. The van der Waals surface area contributed by atoms with Gasteiger partial charge in [0, 0.05) is 31.6 Å². The van der Waals surface area contributed by atoms with Crippen LogP contribution < -0.4 is 10.1 Å². The van der Waals surface area contributed by atoms with E-state index in [0.29, 0.717) is 21.9 Å². The highest BCUT2D eigenvalue weighted by Crippen LogP contribution is 2.33. The van der Waals surface area contributed by atoms with E-state index < -0.39 is 6.55 Å². The lowest BCUT2D eigenvalue weighted by Crippen LogP contribution is -2.00. The molecule has 4 rings (SSSR count). The van der Waals surface area contributed by atoms with E-state index in [2.05, 4.69) is 25.5 Å². The lowest BCUT2D eigenvalue weighted by Gasteiger charge is -2.09. The summed E-state index contributed by atoms with van der Waals surface area (Å²) in [5.41, 5.74) is 0.651. The lowest BCUT2D eigenvalue weighted by molar-refractivity contribution is 0.0566. The number of alkyl halides is 2. The Labute approximate surface area is 158 Å². The molecule has 0 atom stereocenters. The third kappa shape index (κ3) is 3.65. The third-order valence-electron chi connectivity index (χ3n) is 3.84. The Balaban J connectivity index is 1.64. The van der Waals surface area contributed by atoms with Gasteiger partial charge in [0.25, 0.3) is 0 Å². The minimum atomic E-state index is -2.79. The van der Waals surface area contributed by atoms with Gasteiger partial charge in [0.2, 0.25) is 0 Å². The molecule has 0 aliphatic rings. The van der Waals surface area contributed by atoms with Crippen LogP contribution in [0.1, 0.15) is 6.55 Å². The zero-order chi connectivity index (χ0) is 19.5. The average Bonchev–Trinajstić information content (AvgIpc) is 3.30. The number of nitrogens with zero attached hydrogens (tertiary/aromatic N) is 6. The van der Waals surface area contributed by atoms with Crippen LogP contribution in [-0.2, 0) is 7.05 Å². The second-order valence-electron chi connectivity index (χ2n) is 5.76. The van der Waals surface area contributed by atoms with Crippen LogP contribution >= 0.6 is 0 Å². The Bertz CT molecular complexity index is 1080. The number of nitrogens with one attached hydrogen (secondary N) is 1. The molecule has 28 heavy (non-hydrogen) atoms. The summed E-state index contributed by atoms with van der Waals surface area (Å²) >= 11 is 0. The van der Waals surface area contributed by atoms with E-state index in [1.54, 1.807) is 66.7 Å². The van der Waals surface area contributed by atoms with Gasteiger partial charge in [-0.3, -0.25) is 9.67 Å². The van der Waals surface area contributed by atoms with Crippen molar-refractivity contribution in [1.82, 2.24) is 29.5 Å². The average molecular weight is 383 g/mol. The van der Waals surface area contributed by atoms with Gasteiger partial charge in [-0.25, -0.2) is 9.67 Å². The molecule has 0 unspecified atom stereocenters. The molecule has 0 amide bonds. The summed E-state index contributed by atoms with van der Waals surface area (Å²) in [4.78, 5) is 8.39. The van der Waals surface area contributed by atoms with Crippen molar-refractivity contribution in [3.05, 3.63) is 61.2 Å². The van der Waals surface area contributed by atoms with Crippen molar-refractivity contribution in [3.8, 4) is 22.9 Å². The fraction of sp³-hybridized carbons (Fsp3) is 0.111. The zero-order valence-corrected chi connectivity index (χ0v) is 14.7. The maximum Gasteiger partial charge on any atom is 0.333 e. The third-order valence-corrected chi connectivity index (χ3v) is 3.84. The Morgan fingerprint density at radius 3 is 2.68 bits per heavy atom. The van der Waals surface area contributed by atoms with E-state index in [4.69, 9.17) is 4.74 Å². The van der Waals surface area contributed by atoms with Gasteiger partial charge >= 0.3 is 6.55 Å². The monoisotopic (exact) mass is 383 g/mol. The standard InChI is InChI=1S/C18H15F2N7O/c1-26-16(6-9-23-26)24-15-10-12(5-8-22-15)28-14-11-27(18(19)20)25-17(14)13-4-2-3-7-21-13/h2-11,18H,1H3,(H,22,24). The number of aryl methyl sites for hydroxylation is 1. The highest BCUT2D eigenvalue weighted by Gasteiger charge is 2.18. The molecule has 8 nitrogen and oxygen atoms in total. The molecule has 4 aromatic rings. The van der Waals surface area contributed by atoms with Crippen molar-refractivity contribution in [2.24, 2.45) is 7.05 Å². The summed E-state index contributed by atoms with van der Waals surface area (Å²) < 4.78 is 34.3. The zero-order valence-electron chi connectivity index (χ0n) is 14.7. The minimum absolute atomic E-state index is 0.164. The van der Waals surface area contributed by atoms with E-state index in [1.807, 2.05) is 0 Å². The molecule has 0 bridgehead atoms. The number of halogens is 2. The smallest absolute Gasteiger partial charge is 0.333 e. The first-order valence-electron chi connectivity index (χ1n) is 8.28. The van der Waals surface area contributed by atoms with Crippen LogP contribution in [0.2, 0.25) is 0 Å². The molecule has 0 radical (unpaired) electrons. The molecule has 4 heterocycles. The van der Waals surface area contributed by atoms with Gasteiger partial charge in [-0.1, -0.05) is 6.07 Å². The van der Waals surface area contributed by atoms with Crippen LogP contribution in [0.15, 0.2) is 61.2 Å². The largest absolute Gasteiger partial charge is 0.453 e. The van der Waals surface area contributed by atoms with E-state index in [-0.39, 0.29) is 11.4 Å². The molecule has 0 spiro atoms. The van der Waals surface area contributed by atoms with Gasteiger partial charge in [-0.05, 0) is 18.2 Å². The van der Waals surface area contributed by atoms with Crippen LogP contribution in [0.5, 0.6) is 11.5 Å². The number of ether oxygens (including phenoxy) is 1. The number of hydrogen-bond donors (Lipinski definition) is 1. The predicted octanol–water partition coefficient (Wildman–Crippen LogP) is 4.00. The van der Waals surface area contributed by atoms with Gasteiger partial charge in [-0.2, -0.15) is 19.0 Å². The van der Waals surface area contributed by atoms with Gasteiger partial charge in [0.05, 0.1) is 18.1 Å². The first kappa shape index (κ1) is 17.6. The Morgan fingerprint density at radius 1 is 1.07 bits per heavy atom. The molecule has 10 heteroatoms. The summed E-state index contributed by atoms with van der Waals surface area (Å²) in [5.74, 6) is 1.83. The summed E-state index contributed by atoms with van der Waals surface area (Å²) in [7, 11) is 1.79. The number of pyridine rings is 2. The molecule has 0 aliphatic carbocycles. The number of anilines is 2. The van der Waals surface area contributed by atoms with E-state index in [0.717, 1.165) is 12.0 Å². The maximum absolute atomic E-state index is 13.1. The highest BCUT2D eigenvalue weighted by molar-refractivity contribution is 5.63. The van der Waals surface area contributed by atoms with E-state index >= 15 is 0 Å². The molecule has 0 saturated carbocycles. The van der Waals surface area contributed by atoms with Gasteiger partial charge in [-0.15, -0.1) is 0 Å². The summed E-state index contributed by atoms with van der Waals surface area (Å²) in [6, 6.07) is 10.2. The van der Waals surface area contributed by atoms with Crippen molar-refractivity contribution < 1.29 is 13.5 Å². The molecular weight excluding hydrogens is 368 g/mol. The SMILES string of the molecule is Cn1nccc1Nc1cc(Oc2cn(C(F)F)nc2-c2ccccn2)ccn1. The number of rotatable bonds is 6. The molecule has 142 valence electrons. The van der Waals surface area contributed by atoms with Gasteiger partial charge < -0.3 is 10.1 Å². The second-order valence-corrected chi connectivity index (χ2v) is 5.76. The van der Waals surface area contributed by atoms with Crippen LogP contribution in [0.25, 0.3) is 11.4 Å². The molecule has 0 fully saturated rings. The Hall–Kier alpha value is -3.82.